The summed E-state index contributed by atoms with van der Waals surface area (Å²) < 4.78 is 5.62. The van der Waals surface area contributed by atoms with Crippen LogP contribution in [-0.2, 0) is 19.7 Å². The van der Waals surface area contributed by atoms with E-state index in [1.54, 1.807) is 0 Å². The van der Waals surface area contributed by atoms with Crippen LogP contribution in [0, 0.1) is 11.8 Å². The molecule has 3 unspecified atom stereocenters. The number of rotatable bonds is 5. The van der Waals surface area contributed by atoms with Gasteiger partial charge in [-0.3, -0.25) is 0 Å². The summed E-state index contributed by atoms with van der Waals surface area (Å²) in [7, 11) is 0. The monoisotopic (exact) mass is 352 g/mol. The number of carboxylic acid groups (broad SMARTS) is 1. The molecule has 1 aliphatic rings. The molecule has 1 aromatic rings. The van der Waals surface area contributed by atoms with Gasteiger partial charge in [-0.15, -0.1) is 0 Å². The van der Waals surface area contributed by atoms with Crippen LogP contribution in [-0.4, -0.2) is 18.0 Å². The van der Waals surface area contributed by atoms with E-state index < -0.39 is 11.9 Å². The van der Waals surface area contributed by atoms with Crippen LogP contribution in [0.3, 0.4) is 0 Å². The van der Waals surface area contributed by atoms with E-state index in [0.29, 0.717) is 12.0 Å². The molecule has 0 bridgehead atoms. The Hall–Kier alpha value is -1.10. The van der Waals surface area contributed by atoms with E-state index >= 15 is 0 Å². The summed E-state index contributed by atoms with van der Waals surface area (Å²) in [5.74, 6) is -1.34. The standard InChI is InChI=1S/C20H26O4.Na/c1-14-9-10-16(20(2,3)15-7-5-4-6-8-15)17(13-14)24-19(23)12-11-18(21)22;/h4-8,11-12,14,16-17H,9-10,13H2,1-3H3,(H,21,22);/q;+1/p-1. The van der Waals surface area contributed by atoms with Crippen molar-refractivity contribution < 1.29 is 49.0 Å². The Morgan fingerprint density at radius 1 is 1.16 bits per heavy atom. The molecule has 0 spiro atoms. The zero-order valence-electron chi connectivity index (χ0n) is 15.5. The van der Waals surface area contributed by atoms with Crippen molar-refractivity contribution >= 4 is 11.9 Å². The molecule has 0 aliphatic heterocycles. The molecule has 1 aromatic carbocycles. The minimum Gasteiger partial charge on any atom is -0.545 e. The fourth-order valence-electron chi connectivity index (χ4n) is 3.69. The fourth-order valence-corrected chi connectivity index (χ4v) is 3.69. The van der Waals surface area contributed by atoms with Crippen molar-refractivity contribution in [2.45, 2.75) is 51.6 Å². The van der Waals surface area contributed by atoms with Crippen molar-refractivity contribution in [3.8, 4) is 0 Å². The average Bonchev–Trinajstić information content (AvgIpc) is 2.53. The van der Waals surface area contributed by atoms with Crippen molar-refractivity contribution in [2.24, 2.45) is 11.8 Å². The molecule has 3 atom stereocenters. The molecule has 4 nitrogen and oxygen atoms in total. The maximum Gasteiger partial charge on any atom is 1.00 e. The van der Waals surface area contributed by atoms with Gasteiger partial charge in [0.05, 0.1) is 5.97 Å². The van der Waals surface area contributed by atoms with Gasteiger partial charge in [-0.1, -0.05) is 57.5 Å². The van der Waals surface area contributed by atoms with Crippen LogP contribution in [0.2, 0.25) is 0 Å². The number of aliphatic carboxylic acids is 1. The van der Waals surface area contributed by atoms with E-state index in [1.807, 2.05) is 18.2 Å². The molecule has 0 saturated heterocycles. The minimum atomic E-state index is -1.40. The molecule has 1 aliphatic carbocycles. The molecule has 0 heterocycles. The average molecular weight is 352 g/mol. The molecule has 1 fully saturated rings. The second kappa shape index (κ2) is 9.56. The van der Waals surface area contributed by atoms with Crippen LogP contribution < -0.4 is 34.7 Å². The Morgan fingerprint density at radius 2 is 1.80 bits per heavy atom. The van der Waals surface area contributed by atoms with Gasteiger partial charge in [-0.2, -0.15) is 0 Å². The number of esters is 1. The summed E-state index contributed by atoms with van der Waals surface area (Å²) in [5.41, 5.74) is 1.08. The molecule has 25 heavy (non-hydrogen) atoms. The van der Waals surface area contributed by atoms with E-state index in [-0.39, 0.29) is 47.0 Å². The summed E-state index contributed by atoms with van der Waals surface area (Å²) in [6.07, 6.45) is 4.30. The number of carbonyl (C=O) groups excluding carboxylic acids is 2. The summed E-state index contributed by atoms with van der Waals surface area (Å²) >= 11 is 0. The third kappa shape index (κ3) is 5.98. The smallest absolute Gasteiger partial charge is 0.545 e. The van der Waals surface area contributed by atoms with Gasteiger partial charge in [-0.25, -0.2) is 4.79 Å². The molecular formula is C20H25NaO4. The molecule has 1 saturated carbocycles. The van der Waals surface area contributed by atoms with Crippen molar-refractivity contribution in [1.29, 1.82) is 0 Å². The van der Waals surface area contributed by atoms with Crippen LogP contribution in [0.4, 0.5) is 0 Å². The van der Waals surface area contributed by atoms with Gasteiger partial charge < -0.3 is 14.6 Å². The Kier molecular flexibility index (Phi) is 8.39. The number of carbonyl (C=O) groups is 2. The molecule has 0 N–H and O–H groups in total. The normalized spacial score (nSPS) is 23.7. The topological polar surface area (TPSA) is 66.4 Å². The van der Waals surface area contributed by atoms with Gasteiger partial charge in [-0.05, 0) is 35.8 Å². The first-order valence-electron chi connectivity index (χ1n) is 8.46. The second-order valence-electron chi connectivity index (χ2n) is 7.24. The van der Waals surface area contributed by atoms with Crippen molar-refractivity contribution in [3.63, 3.8) is 0 Å². The van der Waals surface area contributed by atoms with Crippen LogP contribution >= 0.6 is 0 Å². The van der Waals surface area contributed by atoms with Gasteiger partial charge in [0.1, 0.15) is 6.10 Å². The molecule has 0 radical (unpaired) electrons. The molecular weight excluding hydrogens is 327 g/mol. The van der Waals surface area contributed by atoms with E-state index in [2.05, 4.69) is 32.9 Å². The van der Waals surface area contributed by atoms with E-state index in [1.165, 1.54) is 5.56 Å². The summed E-state index contributed by atoms with van der Waals surface area (Å²) in [4.78, 5) is 22.4. The maximum atomic E-state index is 11.9. The van der Waals surface area contributed by atoms with Crippen molar-refractivity contribution in [1.82, 2.24) is 0 Å². The molecule has 5 heteroatoms. The maximum absolute atomic E-state index is 11.9. The van der Waals surface area contributed by atoms with E-state index in [0.717, 1.165) is 25.3 Å². The van der Waals surface area contributed by atoms with Crippen molar-refractivity contribution in [3.05, 3.63) is 48.0 Å². The first kappa shape index (κ1) is 21.9. The predicted octanol–water partition coefficient (Wildman–Crippen LogP) is -0.378. The van der Waals surface area contributed by atoms with Crippen LogP contribution in [0.15, 0.2) is 42.5 Å². The molecule has 130 valence electrons. The summed E-state index contributed by atoms with van der Waals surface area (Å²) in [6, 6.07) is 10.2. The second-order valence-corrected chi connectivity index (χ2v) is 7.24. The number of benzene rings is 1. The summed E-state index contributed by atoms with van der Waals surface area (Å²) in [6.45, 7) is 6.52. The van der Waals surface area contributed by atoms with Gasteiger partial charge in [0.2, 0.25) is 0 Å². The Bertz CT molecular complexity index is 609. The van der Waals surface area contributed by atoms with Gasteiger partial charge in [0.25, 0.3) is 0 Å². The first-order valence-corrected chi connectivity index (χ1v) is 8.46. The Labute approximate surface area is 171 Å². The van der Waals surface area contributed by atoms with E-state index in [4.69, 9.17) is 4.74 Å². The van der Waals surface area contributed by atoms with Crippen LogP contribution in [0.5, 0.6) is 0 Å². The number of hydrogen-bond acceptors (Lipinski definition) is 4. The third-order valence-electron chi connectivity index (χ3n) is 5.12. The number of hydrogen-bond donors (Lipinski definition) is 0. The third-order valence-corrected chi connectivity index (χ3v) is 5.12. The van der Waals surface area contributed by atoms with Crippen LogP contribution in [0.1, 0.15) is 45.6 Å². The quantitative estimate of drug-likeness (QED) is 0.412. The van der Waals surface area contributed by atoms with Crippen molar-refractivity contribution in [2.75, 3.05) is 0 Å². The Morgan fingerprint density at radius 3 is 2.40 bits per heavy atom. The molecule has 0 amide bonds. The van der Waals surface area contributed by atoms with Gasteiger partial charge in [0.15, 0.2) is 0 Å². The largest absolute Gasteiger partial charge is 1.00 e. The minimum absolute atomic E-state index is 0. The Balaban J connectivity index is 0.00000312. The summed E-state index contributed by atoms with van der Waals surface area (Å²) in [5, 5.41) is 10.5. The van der Waals surface area contributed by atoms with Crippen LogP contribution in [0.25, 0.3) is 0 Å². The predicted molar refractivity (Wildman–Crippen MR) is 90.0 cm³/mol. The van der Waals surface area contributed by atoms with Gasteiger partial charge >= 0.3 is 35.5 Å². The molecule has 0 aromatic heterocycles. The fraction of sp³-hybridized carbons (Fsp3) is 0.500. The number of ether oxygens (including phenoxy) is 1. The zero-order chi connectivity index (χ0) is 17.7. The SMILES string of the molecule is CC1CCC(C(C)(C)c2ccccc2)C(OC(=O)C=CC(=O)[O-])C1.[Na+]. The first-order chi connectivity index (χ1) is 11.3. The zero-order valence-corrected chi connectivity index (χ0v) is 17.5. The van der Waals surface area contributed by atoms with Gasteiger partial charge in [0, 0.05) is 12.0 Å². The number of carboxylic acids is 1. The molecule has 2 rings (SSSR count). The van der Waals surface area contributed by atoms with E-state index in [9.17, 15) is 14.7 Å².